The zero-order chi connectivity index (χ0) is 29.2. The summed E-state index contributed by atoms with van der Waals surface area (Å²) in [6.07, 6.45) is 2.00. The van der Waals surface area contributed by atoms with Crippen molar-refractivity contribution in [2.75, 3.05) is 33.4 Å². The number of halogens is 1. The van der Waals surface area contributed by atoms with Crippen LogP contribution in [-0.2, 0) is 22.6 Å². The van der Waals surface area contributed by atoms with E-state index < -0.39 is 0 Å². The van der Waals surface area contributed by atoms with Crippen molar-refractivity contribution >= 4 is 23.4 Å². The normalized spacial score (nSPS) is 11.0. The molecule has 3 aromatic carbocycles. The zero-order valence-electron chi connectivity index (χ0n) is 24.0. The van der Waals surface area contributed by atoms with Crippen molar-refractivity contribution in [2.45, 2.75) is 26.9 Å². The predicted octanol–water partition coefficient (Wildman–Crippen LogP) is 6.63. The molecule has 0 aliphatic carbocycles. The Morgan fingerprint density at radius 2 is 1.54 bits per heavy atom. The molecule has 7 heteroatoms. The number of carbonyl (C=O) groups is 2. The number of nitrogens with zero attached hydrogens (tertiary/aromatic N) is 3. The summed E-state index contributed by atoms with van der Waals surface area (Å²) in [6.45, 7) is 6.44. The quantitative estimate of drug-likeness (QED) is 0.181. The minimum Gasteiger partial charge on any atom is -0.383 e. The fourth-order valence-corrected chi connectivity index (χ4v) is 4.98. The molecule has 0 spiro atoms. The number of ether oxygens (including phenoxy) is 1. The van der Waals surface area contributed by atoms with Crippen molar-refractivity contribution < 1.29 is 14.3 Å². The van der Waals surface area contributed by atoms with Gasteiger partial charge < -0.3 is 19.1 Å². The summed E-state index contributed by atoms with van der Waals surface area (Å²) in [6, 6.07) is 29.3. The molecule has 0 aliphatic rings. The van der Waals surface area contributed by atoms with Gasteiger partial charge in [0.1, 0.15) is 6.54 Å². The van der Waals surface area contributed by atoms with E-state index in [9.17, 15) is 9.59 Å². The van der Waals surface area contributed by atoms with Crippen molar-refractivity contribution in [1.29, 1.82) is 0 Å². The van der Waals surface area contributed by atoms with Gasteiger partial charge in [-0.05, 0) is 52.9 Å². The van der Waals surface area contributed by atoms with Gasteiger partial charge in [0.2, 0.25) is 5.91 Å². The number of benzene rings is 3. The third-order valence-corrected chi connectivity index (χ3v) is 7.30. The first-order chi connectivity index (χ1) is 19.9. The van der Waals surface area contributed by atoms with Crippen molar-refractivity contribution in [3.8, 4) is 11.1 Å². The van der Waals surface area contributed by atoms with Gasteiger partial charge in [0.15, 0.2) is 0 Å². The van der Waals surface area contributed by atoms with Crippen LogP contribution in [0.4, 0.5) is 0 Å². The number of methoxy groups -OCH3 is 1. The van der Waals surface area contributed by atoms with Crippen LogP contribution in [0, 0.1) is 5.92 Å². The van der Waals surface area contributed by atoms with Crippen molar-refractivity contribution in [1.82, 2.24) is 14.4 Å². The number of hydrogen-bond acceptors (Lipinski definition) is 3. The van der Waals surface area contributed by atoms with Crippen LogP contribution in [0.15, 0.2) is 97.2 Å². The molecule has 0 saturated carbocycles. The fraction of sp³-hybridized carbons (Fsp3) is 0.294. The average Bonchev–Trinajstić information content (AvgIpc) is 3.42. The van der Waals surface area contributed by atoms with Gasteiger partial charge in [-0.15, -0.1) is 0 Å². The second-order valence-electron chi connectivity index (χ2n) is 10.5. The molecule has 0 atom stereocenters. The highest BCUT2D eigenvalue weighted by Gasteiger charge is 2.24. The first-order valence-corrected chi connectivity index (χ1v) is 14.3. The van der Waals surface area contributed by atoms with E-state index in [1.807, 2.05) is 102 Å². The van der Waals surface area contributed by atoms with Gasteiger partial charge in [-0.25, -0.2) is 0 Å². The first kappa shape index (κ1) is 30.1. The molecular weight excluding hydrogens is 534 g/mol. The lowest BCUT2D eigenvalue weighted by molar-refractivity contribution is -0.133. The highest BCUT2D eigenvalue weighted by molar-refractivity contribution is 6.31. The molecule has 41 heavy (non-hydrogen) atoms. The van der Waals surface area contributed by atoms with Crippen LogP contribution in [0.2, 0.25) is 5.02 Å². The first-order valence-electron chi connectivity index (χ1n) is 13.9. The summed E-state index contributed by atoms with van der Waals surface area (Å²) in [5, 5.41) is 0.714. The van der Waals surface area contributed by atoms with Crippen LogP contribution in [0.3, 0.4) is 0 Å². The van der Waals surface area contributed by atoms with Gasteiger partial charge in [-0.3, -0.25) is 9.59 Å². The molecule has 4 rings (SSSR count). The molecular formula is C34H38ClN3O3. The predicted molar refractivity (Wildman–Crippen MR) is 165 cm³/mol. The number of rotatable bonds is 13. The van der Waals surface area contributed by atoms with Gasteiger partial charge in [0, 0.05) is 49.2 Å². The maximum atomic E-state index is 13.7. The van der Waals surface area contributed by atoms with E-state index in [4.69, 9.17) is 16.3 Å². The molecule has 2 amide bonds. The molecule has 0 aliphatic heterocycles. The van der Waals surface area contributed by atoms with Crippen molar-refractivity contribution in [2.24, 2.45) is 5.92 Å². The molecule has 0 unspecified atom stereocenters. The summed E-state index contributed by atoms with van der Waals surface area (Å²) in [7, 11) is 1.59. The second-order valence-corrected chi connectivity index (χ2v) is 11.0. The minimum absolute atomic E-state index is 0.0272. The van der Waals surface area contributed by atoms with Crippen molar-refractivity contribution in [3.63, 3.8) is 0 Å². The maximum absolute atomic E-state index is 13.7. The lowest BCUT2D eigenvalue weighted by Crippen LogP contribution is -2.45. The smallest absolute Gasteiger partial charge is 0.254 e. The Kier molecular flexibility index (Phi) is 10.8. The van der Waals surface area contributed by atoms with Crippen LogP contribution in [0.5, 0.6) is 0 Å². The lowest BCUT2D eigenvalue weighted by Gasteiger charge is -2.29. The topological polar surface area (TPSA) is 54.8 Å². The Labute approximate surface area is 248 Å². The summed E-state index contributed by atoms with van der Waals surface area (Å²) < 4.78 is 7.39. The van der Waals surface area contributed by atoms with Gasteiger partial charge in [0.25, 0.3) is 5.91 Å². The third-order valence-electron chi connectivity index (χ3n) is 6.93. The summed E-state index contributed by atoms with van der Waals surface area (Å²) in [4.78, 5) is 30.7. The van der Waals surface area contributed by atoms with E-state index in [-0.39, 0.29) is 24.3 Å². The molecule has 0 radical (unpaired) electrons. The molecule has 6 nitrogen and oxygen atoms in total. The van der Waals surface area contributed by atoms with Gasteiger partial charge in [0.05, 0.1) is 13.2 Å². The molecule has 0 fully saturated rings. The van der Waals surface area contributed by atoms with E-state index in [1.54, 1.807) is 12.0 Å². The van der Waals surface area contributed by atoms with Crippen LogP contribution < -0.4 is 0 Å². The van der Waals surface area contributed by atoms with E-state index >= 15 is 0 Å². The standard InChI is InChI=1S/C34H38ClN3O3/c1-26(2)22-38(24-31-13-9-19-36(31)23-30-12-7-8-14-32(30)35)33(39)25-37(20-21-41-3)34(40)29-17-15-28(16-18-29)27-10-5-4-6-11-27/h4-19,26H,20-25H2,1-3H3. The average molecular weight is 572 g/mol. The van der Waals surface area contributed by atoms with Gasteiger partial charge >= 0.3 is 0 Å². The Balaban J connectivity index is 1.50. The minimum atomic E-state index is -0.193. The van der Waals surface area contributed by atoms with Crippen LogP contribution in [0.1, 0.15) is 35.5 Å². The SMILES string of the molecule is COCCN(CC(=O)N(Cc1cccn1Cc1ccccc1Cl)CC(C)C)C(=O)c1ccc(-c2ccccc2)cc1. The van der Waals surface area contributed by atoms with Gasteiger partial charge in [-0.2, -0.15) is 0 Å². The van der Waals surface area contributed by atoms with E-state index in [0.29, 0.717) is 43.4 Å². The van der Waals surface area contributed by atoms with E-state index in [2.05, 4.69) is 18.4 Å². The highest BCUT2D eigenvalue weighted by atomic mass is 35.5. The highest BCUT2D eigenvalue weighted by Crippen LogP contribution is 2.21. The van der Waals surface area contributed by atoms with E-state index in [1.165, 1.54) is 0 Å². The maximum Gasteiger partial charge on any atom is 0.254 e. The molecule has 4 aromatic rings. The number of aromatic nitrogens is 1. The molecule has 0 bridgehead atoms. The van der Waals surface area contributed by atoms with Crippen LogP contribution >= 0.6 is 11.6 Å². The van der Waals surface area contributed by atoms with Gasteiger partial charge in [-0.1, -0.05) is 86.1 Å². The Hall–Kier alpha value is -3.87. The molecule has 0 N–H and O–H groups in total. The summed E-state index contributed by atoms with van der Waals surface area (Å²) >= 11 is 6.41. The Bertz CT molecular complexity index is 1420. The third kappa shape index (κ3) is 8.32. The largest absolute Gasteiger partial charge is 0.383 e. The molecule has 1 aromatic heterocycles. The zero-order valence-corrected chi connectivity index (χ0v) is 24.8. The number of carbonyl (C=O) groups excluding carboxylic acids is 2. The lowest BCUT2D eigenvalue weighted by atomic mass is 10.0. The van der Waals surface area contributed by atoms with E-state index in [0.717, 1.165) is 22.4 Å². The van der Waals surface area contributed by atoms with Crippen LogP contribution in [0.25, 0.3) is 11.1 Å². The number of amides is 2. The molecule has 0 saturated heterocycles. The Morgan fingerprint density at radius 1 is 0.854 bits per heavy atom. The summed E-state index contributed by atoms with van der Waals surface area (Å²) in [5.41, 5.74) is 4.68. The fourth-order valence-electron chi connectivity index (χ4n) is 4.78. The number of hydrogen-bond donors (Lipinski definition) is 0. The monoisotopic (exact) mass is 571 g/mol. The molecule has 1 heterocycles. The van der Waals surface area contributed by atoms with Crippen molar-refractivity contribution in [3.05, 3.63) is 119 Å². The van der Waals surface area contributed by atoms with Crippen LogP contribution in [-0.4, -0.2) is 59.5 Å². The Morgan fingerprint density at radius 3 is 2.22 bits per heavy atom. The second kappa shape index (κ2) is 14.7. The summed E-state index contributed by atoms with van der Waals surface area (Å²) in [5.74, 6) is -0.0317. The molecule has 214 valence electrons.